The van der Waals surface area contributed by atoms with Crippen LogP contribution in [-0.2, 0) is 0 Å². The quantitative estimate of drug-likeness (QED) is 0.700. The number of hydrazine groups is 1. The van der Waals surface area contributed by atoms with Gasteiger partial charge in [-0.15, -0.1) is 0 Å². The van der Waals surface area contributed by atoms with Crippen LogP contribution in [0.4, 0.5) is 5.69 Å². The van der Waals surface area contributed by atoms with E-state index in [1.807, 2.05) is 21.1 Å². The van der Waals surface area contributed by atoms with Gasteiger partial charge in [0.15, 0.2) is 0 Å². The van der Waals surface area contributed by atoms with E-state index >= 15 is 0 Å². The molecule has 0 fully saturated rings. The van der Waals surface area contributed by atoms with E-state index in [9.17, 15) is 0 Å². The van der Waals surface area contributed by atoms with Crippen LogP contribution in [0.25, 0.3) is 5.70 Å². The summed E-state index contributed by atoms with van der Waals surface area (Å²) in [4.78, 5) is 0. The molecule has 1 aliphatic heterocycles. The fourth-order valence-corrected chi connectivity index (χ4v) is 2.07. The van der Waals surface area contributed by atoms with Crippen molar-refractivity contribution in [1.82, 2.24) is 16.1 Å². The van der Waals surface area contributed by atoms with E-state index in [2.05, 4.69) is 51.4 Å². The van der Waals surface area contributed by atoms with E-state index < -0.39 is 0 Å². The number of nitrogens with one attached hydrogen (secondary N) is 3. The van der Waals surface area contributed by atoms with Crippen molar-refractivity contribution in [2.24, 2.45) is 0 Å². The fourth-order valence-electron chi connectivity index (χ4n) is 2.07. The monoisotopic (exact) mass is 218 g/mol. The molecule has 0 aromatic heterocycles. The van der Waals surface area contributed by atoms with E-state index in [1.165, 1.54) is 11.3 Å². The summed E-state index contributed by atoms with van der Waals surface area (Å²) in [7, 11) is 5.83. The first kappa shape index (κ1) is 11.0. The lowest BCUT2D eigenvalue weighted by Crippen LogP contribution is -2.51. The molecule has 4 nitrogen and oxygen atoms in total. The summed E-state index contributed by atoms with van der Waals surface area (Å²) >= 11 is 0. The molecule has 1 atom stereocenters. The standard InChI is InChI=1S/C12H18N4/c1-13-10-8-12(14-2)16(15-3)11-7-5-4-6-9(10)11/h4-8,12-15H,1-3H3. The number of hydrogen-bond donors (Lipinski definition) is 3. The zero-order chi connectivity index (χ0) is 11.5. The van der Waals surface area contributed by atoms with Crippen molar-refractivity contribution in [3.05, 3.63) is 35.9 Å². The van der Waals surface area contributed by atoms with Gasteiger partial charge in [0.2, 0.25) is 0 Å². The van der Waals surface area contributed by atoms with Crippen molar-refractivity contribution >= 4 is 11.4 Å². The van der Waals surface area contributed by atoms with Gasteiger partial charge < -0.3 is 5.32 Å². The minimum Gasteiger partial charge on any atom is -0.388 e. The first-order chi connectivity index (χ1) is 7.81. The number of likely N-dealkylation sites (N-methyl/N-ethyl adjacent to an activating group) is 1. The number of nitrogens with zero attached hydrogens (tertiary/aromatic N) is 1. The second kappa shape index (κ2) is 4.55. The fraction of sp³-hybridized carbons (Fsp3) is 0.333. The molecule has 0 aliphatic carbocycles. The summed E-state index contributed by atoms with van der Waals surface area (Å²) in [5, 5.41) is 8.60. The topological polar surface area (TPSA) is 39.3 Å². The van der Waals surface area contributed by atoms with E-state index in [4.69, 9.17) is 0 Å². The molecule has 1 aromatic rings. The third kappa shape index (κ3) is 1.66. The number of benzene rings is 1. The third-order valence-corrected chi connectivity index (χ3v) is 2.86. The minimum absolute atomic E-state index is 0.155. The van der Waals surface area contributed by atoms with Crippen molar-refractivity contribution in [3.8, 4) is 0 Å². The first-order valence-corrected chi connectivity index (χ1v) is 5.44. The van der Waals surface area contributed by atoms with Crippen molar-refractivity contribution in [1.29, 1.82) is 0 Å². The lowest BCUT2D eigenvalue weighted by molar-refractivity contribution is 0.555. The van der Waals surface area contributed by atoms with Crippen molar-refractivity contribution in [3.63, 3.8) is 0 Å². The Balaban J connectivity index is 2.50. The van der Waals surface area contributed by atoms with Crippen LogP contribution in [0.1, 0.15) is 5.56 Å². The second-order valence-electron chi connectivity index (χ2n) is 3.67. The average molecular weight is 218 g/mol. The molecule has 1 aromatic carbocycles. The average Bonchev–Trinajstić information content (AvgIpc) is 2.36. The van der Waals surface area contributed by atoms with Gasteiger partial charge in [0.25, 0.3) is 0 Å². The van der Waals surface area contributed by atoms with Crippen molar-refractivity contribution in [2.45, 2.75) is 6.17 Å². The molecule has 0 spiro atoms. The number of anilines is 1. The van der Waals surface area contributed by atoms with Gasteiger partial charge >= 0.3 is 0 Å². The molecule has 0 bridgehead atoms. The molecule has 1 unspecified atom stereocenters. The minimum atomic E-state index is 0.155. The Morgan fingerprint density at radius 3 is 2.50 bits per heavy atom. The molecule has 4 heteroatoms. The zero-order valence-electron chi connectivity index (χ0n) is 9.91. The van der Waals surface area contributed by atoms with Gasteiger partial charge in [-0.25, -0.2) is 5.43 Å². The van der Waals surface area contributed by atoms with Crippen LogP contribution in [0, 0.1) is 0 Å². The highest BCUT2D eigenvalue weighted by Crippen LogP contribution is 2.30. The van der Waals surface area contributed by atoms with Crippen LogP contribution >= 0.6 is 0 Å². The number of rotatable bonds is 3. The van der Waals surface area contributed by atoms with Crippen LogP contribution in [0.15, 0.2) is 30.3 Å². The van der Waals surface area contributed by atoms with E-state index in [0.29, 0.717) is 0 Å². The molecular weight excluding hydrogens is 200 g/mol. The second-order valence-corrected chi connectivity index (χ2v) is 3.67. The number of para-hydroxylation sites is 1. The first-order valence-electron chi connectivity index (χ1n) is 5.44. The Kier molecular flexibility index (Phi) is 3.12. The molecule has 3 N–H and O–H groups in total. The van der Waals surface area contributed by atoms with Gasteiger partial charge in [0.1, 0.15) is 6.17 Å². The van der Waals surface area contributed by atoms with Gasteiger partial charge in [0.05, 0.1) is 5.69 Å². The summed E-state index contributed by atoms with van der Waals surface area (Å²) in [6.07, 6.45) is 2.32. The summed E-state index contributed by atoms with van der Waals surface area (Å²) in [5.74, 6) is 0. The van der Waals surface area contributed by atoms with E-state index in [0.717, 1.165) is 5.70 Å². The van der Waals surface area contributed by atoms with Crippen LogP contribution in [0.2, 0.25) is 0 Å². The van der Waals surface area contributed by atoms with E-state index in [1.54, 1.807) is 0 Å². The molecule has 1 heterocycles. The molecule has 16 heavy (non-hydrogen) atoms. The Bertz CT molecular complexity index is 400. The lowest BCUT2D eigenvalue weighted by atomic mass is 10.0. The predicted octanol–water partition coefficient (Wildman–Crippen LogP) is 0.747. The number of hydrogen-bond acceptors (Lipinski definition) is 4. The van der Waals surface area contributed by atoms with Crippen LogP contribution in [-0.4, -0.2) is 27.3 Å². The van der Waals surface area contributed by atoms with Gasteiger partial charge in [-0.2, -0.15) is 0 Å². The van der Waals surface area contributed by atoms with Gasteiger partial charge in [0, 0.05) is 25.4 Å². The summed E-state index contributed by atoms with van der Waals surface area (Å²) < 4.78 is 0. The molecule has 1 aliphatic rings. The maximum absolute atomic E-state index is 3.26. The third-order valence-electron chi connectivity index (χ3n) is 2.86. The molecule has 86 valence electrons. The SMILES string of the molecule is CNC1=CC(NC)N(NC)c2ccccc21. The summed E-state index contributed by atoms with van der Waals surface area (Å²) in [5.41, 5.74) is 6.75. The maximum atomic E-state index is 3.26. The summed E-state index contributed by atoms with van der Waals surface area (Å²) in [6.45, 7) is 0. The Morgan fingerprint density at radius 2 is 1.88 bits per heavy atom. The van der Waals surface area contributed by atoms with Gasteiger partial charge in [-0.1, -0.05) is 18.2 Å². The highest BCUT2D eigenvalue weighted by atomic mass is 15.5. The normalized spacial score (nSPS) is 19.1. The molecule has 0 saturated carbocycles. The molecule has 0 saturated heterocycles. The highest BCUT2D eigenvalue weighted by Gasteiger charge is 2.23. The molecular formula is C12H18N4. The lowest BCUT2D eigenvalue weighted by Gasteiger charge is -2.36. The maximum Gasteiger partial charge on any atom is 0.116 e. The van der Waals surface area contributed by atoms with Gasteiger partial charge in [-0.05, 0) is 19.2 Å². The Hall–Kier alpha value is -1.52. The smallest absolute Gasteiger partial charge is 0.116 e. The molecule has 0 amide bonds. The molecule has 0 radical (unpaired) electrons. The number of fused-ring (bicyclic) bond motifs is 1. The predicted molar refractivity (Wildman–Crippen MR) is 67.9 cm³/mol. The zero-order valence-corrected chi connectivity index (χ0v) is 9.91. The van der Waals surface area contributed by atoms with Gasteiger partial charge in [-0.3, -0.25) is 10.3 Å². The Labute approximate surface area is 96.3 Å². The van der Waals surface area contributed by atoms with Crippen LogP contribution in [0.5, 0.6) is 0 Å². The van der Waals surface area contributed by atoms with E-state index in [-0.39, 0.29) is 6.17 Å². The summed E-state index contributed by atoms with van der Waals surface area (Å²) in [6, 6.07) is 8.33. The van der Waals surface area contributed by atoms with Crippen molar-refractivity contribution < 1.29 is 0 Å². The van der Waals surface area contributed by atoms with Crippen molar-refractivity contribution in [2.75, 3.05) is 26.2 Å². The molecule has 2 rings (SSSR count). The van der Waals surface area contributed by atoms with Crippen LogP contribution < -0.4 is 21.1 Å². The Morgan fingerprint density at radius 1 is 1.12 bits per heavy atom. The highest BCUT2D eigenvalue weighted by molar-refractivity contribution is 5.79. The van der Waals surface area contributed by atoms with Crippen LogP contribution in [0.3, 0.4) is 0 Å². The largest absolute Gasteiger partial charge is 0.388 e.